The molecule has 0 aliphatic heterocycles. The fourth-order valence-corrected chi connectivity index (χ4v) is 0.860. The molecule has 0 bridgehead atoms. The van der Waals surface area contributed by atoms with Gasteiger partial charge in [0.2, 0.25) is 0 Å². The van der Waals surface area contributed by atoms with E-state index in [0.717, 1.165) is 0 Å². The van der Waals surface area contributed by atoms with E-state index in [4.69, 9.17) is 6.69 Å². The maximum atomic E-state index is 10.9. The van der Waals surface area contributed by atoms with Crippen molar-refractivity contribution in [3.05, 3.63) is 23.9 Å². The van der Waals surface area contributed by atoms with Gasteiger partial charge in [0, 0.05) is 6.20 Å². The van der Waals surface area contributed by atoms with Crippen LogP contribution < -0.4 is 5.32 Å². The van der Waals surface area contributed by atoms with E-state index in [-0.39, 0.29) is 0 Å². The number of carboxylic acids is 1. The molecule has 1 atom stereocenters. The van der Waals surface area contributed by atoms with E-state index in [1.54, 1.807) is 6.07 Å². The number of hydrogen-bond donors (Lipinski definition) is 2. The number of carboxylic acid groups (broad SMARTS) is 1. The number of rotatable bonds is 3. The van der Waals surface area contributed by atoms with Crippen molar-refractivity contribution in [1.82, 2.24) is 4.98 Å². The monoisotopic (exact) mass is 192 g/mol. The molecule has 1 rings (SSSR count). The Balaban J connectivity index is 2.73. The lowest BCUT2D eigenvalue weighted by atomic mass is 10.2. The van der Waals surface area contributed by atoms with Crippen LogP contribution in [0.3, 0.4) is 0 Å². The molecule has 5 heteroatoms. The van der Waals surface area contributed by atoms with Gasteiger partial charge in [-0.3, -0.25) is 4.79 Å². The van der Waals surface area contributed by atoms with E-state index in [1.807, 2.05) is 6.07 Å². The predicted molar refractivity (Wildman–Crippen MR) is 49.7 cm³/mol. The summed E-state index contributed by atoms with van der Waals surface area (Å²) < 4.78 is 6.42. The summed E-state index contributed by atoms with van der Waals surface area (Å²) in [6, 6.07) is 4.34. The lowest BCUT2D eigenvalue weighted by Gasteiger charge is -2.09. The molecule has 0 saturated heterocycles. The Morgan fingerprint density at radius 3 is 3.36 bits per heavy atom. The zero-order valence-electron chi connectivity index (χ0n) is 8.52. The lowest BCUT2D eigenvalue weighted by Crippen LogP contribution is -2.25. The summed E-state index contributed by atoms with van der Waals surface area (Å²) >= 11 is 0. The highest BCUT2D eigenvalue weighted by Crippen LogP contribution is 2.06. The van der Waals surface area contributed by atoms with Crippen LogP contribution in [0.25, 0.3) is 1.43 Å². The molecule has 0 amide bonds. The first kappa shape index (κ1) is 8.51. The maximum Gasteiger partial charge on any atom is 0.325 e. The number of aromatic nitrogens is 1. The van der Waals surface area contributed by atoms with Crippen molar-refractivity contribution in [2.75, 3.05) is 5.32 Å². The van der Waals surface area contributed by atoms with Gasteiger partial charge in [0.1, 0.15) is 11.9 Å². The second kappa shape index (κ2) is 4.23. The molecular weight excluding hydrogens is 182 g/mol. The van der Waals surface area contributed by atoms with Crippen molar-refractivity contribution in [1.29, 1.82) is 6.69 Å². The molecule has 2 N–H and O–H groups in total. The van der Waals surface area contributed by atoms with E-state index in [2.05, 4.69) is 15.4 Å². The predicted octanol–water partition coefficient (Wildman–Crippen LogP) is 0.838. The number of nitrogens with one attached hydrogen (secondary N) is 1. The van der Waals surface area contributed by atoms with E-state index >= 15 is 0 Å². The summed E-state index contributed by atoms with van der Waals surface area (Å²) in [5, 5.41) is 15.1. The highest BCUT2D eigenvalue weighted by Gasteiger charge is 2.10. The van der Waals surface area contributed by atoms with E-state index in [0.29, 0.717) is 11.4 Å². The Bertz CT molecular complexity index is 403. The van der Waals surface area contributed by atoms with Crippen LogP contribution >= 0.6 is 0 Å². The molecule has 1 heterocycles. The lowest BCUT2D eigenvalue weighted by molar-refractivity contribution is -0.137. The van der Waals surface area contributed by atoms with Gasteiger partial charge in [0.05, 0.1) is 11.6 Å². The highest BCUT2D eigenvalue weighted by atomic mass is 16.4. The fourth-order valence-electron chi connectivity index (χ4n) is 0.860. The zero-order chi connectivity index (χ0) is 11.3. The van der Waals surface area contributed by atoms with Gasteiger partial charge in [-0.15, -0.1) is 0 Å². The number of nitrogens with zero attached hydrogens (tertiary/aromatic N) is 2. The minimum absolute atomic E-state index is 0.395. The molecule has 0 spiro atoms. The van der Waals surface area contributed by atoms with Crippen LogP contribution in [-0.4, -0.2) is 22.1 Å². The van der Waals surface area contributed by atoms with Crippen molar-refractivity contribution in [2.45, 2.75) is 13.0 Å². The van der Waals surface area contributed by atoms with Crippen LogP contribution in [-0.2, 0) is 4.79 Å². The first-order valence-corrected chi connectivity index (χ1v) is 3.97. The van der Waals surface area contributed by atoms with Gasteiger partial charge in [0.15, 0.2) is 0 Å². The van der Waals surface area contributed by atoms with Crippen molar-refractivity contribution in [3.8, 4) is 6.07 Å². The molecule has 14 heavy (non-hydrogen) atoms. The van der Waals surface area contributed by atoms with Gasteiger partial charge >= 0.3 is 5.97 Å². The minimum Gasteiger partial charge on any atom is -0.480 e. The Labute approximate surface area is 82.5 Å². The van der Waals surface area contributed by atoms with Crippen molar-refractivity contribution < 1.29 is 9.90 Å². The first-order valence-electron chi connectivity index (χ1n) is 4.38. The van der Waals surface area contributed by atoms with Gasteiger partial charge in [-0.1, -0.05) is 0 Å². The normalized spacial score (nSPS) is 12.1. The molecule has 0 aromatic carbocycles. The summed E-state index contributed by atoms with van der Waals surface area (Å²) in [5.74, 6) is -0.314. The summed E-state index contributed by atoms with van der Waals surface area (Å²) in [6.45, 7) is 1.54. The minimum atomic E-state index is -0.709. The fraction of sp³-hybridized carbons (Fsp3) is 0.222. The van der Waals surface area contributed by atoms with Crippen molar-refractivity contribution in [3.63, 3.8) is 0 Å². The standard InChI is InChI=1S/C9H9N3O2/c1-6(9(13)14)12-8-4-7(5-10)2-3-11-8/h2-4,6H,1H3,(H,11,12)(H,13,14)/t6-/m0/s1/i/hD. The van der Waals surface area contributed by atoms with Gasteiger partial charge in [-0.25, -0.2) is 4.98 Å². The van der Waals surface area contributed by atoms with Crippen LogP contribution in [0.5, 0.6) is 0 Å². The molecule has 0 unspecified atom stereocenters. The third-order valence-corrected chi connectivity index (χ3v) is 1.61. The Hall–Kier alpha value is -2.09. The molecule has 72 valence electrons. The van der Waals surface area contributed by atoms with Gasteiger partial charge in [-0.2, -0.15) is 5.26 Å². The van der Waals surface area contributed by atoms with Crippen molar-refractivity contribution in [2.24, 2.45) is 0 Å². The maximum absolute atomic E-state index is 10.9. The third kappa shape index (κ3) is 2.45. The van der Waals surface area contributed by atoms with Gasteiger partial charge < -0.3 is 10.4 Å². The molecular formula is C9H9N3O2. The smallest absolute Gasteiger partial charge is 0.325 e. The number of hydrogen-bond acceptors (Lipinski definition) is 5. The summed E-state index contributed by atoms with van der Waals surface area (Å²) in [7, 11) is 0. The summed E-state index contributed by atoms with van der Waals surface area (Å²) in [6.07, 6.45) is 1.46. The topological polar surface area (TPSA) is 86.0 Å². The molecule has 0 saturated carbocycles. The molecule has 1 aromatic rings. The third-order valence-electron chi connectivity index (χ3n) is 1.61. The van der Waals surface area contributed by atoms with E-state index in [1.165, 1.54) is 19.2 Å². The molecule has 5 nitrogen and oxygen atoms in total. The Kier molecular flexibility index (Phi) is 2.57. The summed E-state index contributed by atoms with van der Waals surface area (Å²) in [5.41, 5.74) is 0.443. The Morgan fingerprint density at radius 1 is 1.93 bits per heavy atom. The molecule has 0 radical (unpaired) electrons. The van der Waals surface area contributed by atoms with Crippen LogP contribution in [0, 0.1) is 11.3 Å². The van der Waals surface area contributed by atoms with Crippen LogP contribution in [0.4, 0.5) is 5.82 Å². The quantitative estimate of drug-likeness (QED) is 0.741. The number of anilines is 1. The molecule has 0 fully saturated rings. The number of carbonyl (C=O) groups is 1. The van der Waals surface area contributed by atoms with Crippen molar-refractivity contribution >= 4 is 11.8 Å². The average molecular weight is 192 g/mol. The highest BCUT2D eigenvalue weighted by molar-refractivity contribution is 5.76. The van der Waals surface area contributed by atoms with Crippen LogP contribution in [0.15, 0.2) is 18.3 Å². The first-order chi connectivity index (χ1) is 7.17. The molecule has 1 aromatic heterocycles. The second-order valence-corrected chi connectivity index (χ2v) is 2.73. The SMILES string of the molecule is [2H]OC(=O)[C@H](C)Nc1cc(C#N)ccn1. The molecule has 0 aliphatic carbocycles. The number of pyridine rings is 1. The zero-order valence-corrected chi connectivity index (χ0v) is 7.52. The average Bonchev–Trinajstić information content (AvgIpc) is 2.28. The Morgan fingerprint density at radius 2 is 2.71 bits per heavy atom. The number of nitriles is 1. The van der Waals surface area contributed by atoms with Crippen LogP contribution in [0.1, 0.15) is 12.5 Å². The number of aliphatic carboxylic acids is 1. The summed E-state index contributed by atoms with van der Waals surface area (Å²) in [4.78, 5) is 14.8. The van der Waals surface area contributed by atoms with Crippen LogP contribution in [0.2, 0.25) is 0 Å². The molecule has 0 aliphatic rings. The van der Waals surface area contributed by atoms with Gasteiger partial charge in [0.25, 0.3) is 1.43 Å². The largest absolute Gasteiger partial charge is 0.480 e. The van der Waals surface area contributed by atoms with E-state index in [9.17, 15) is 4.79 Å². The van der Waals surface area contributed by atoms with E-state index < -0.39 is 12.0 Å². The second-order valence-electron chi connectivity index (χ2n) is 2.73. The van der Waals surface area contributed by atoms with Gasteiger partial charge in [-0.05, 0) is 19.1 Å².